The first-order valence-corrected chi connectivity index (χ1v) is 13.3. The van der Waals surface area contributed by atoms with Crippen LogP contribution in [0.1, 0.15) is 53.6 Å². The van der Waals surface area contributed by atoms with Crippen LogP contribution < -0.4 is 9.80 Å². The number of carbonyl (C=O) groups is 2. The fourth-order valence-corrected chi connectivity index (χ4v) is 6.63. The van der Waals surface area contributed by atoms with E-state index in [1.807, 2.05) is 41.3 Å². The van der Waals surface area contributed by atoms with Gasteiger partial charge in [0.05, 0.1) is 42.8 Å². The van der Waals surface area contributed by atoms with Crippen LogP contribution in [0.3, 0.4) is 0 Å². The van der Waals surface area contributed by atoms with Crippen molar-refractivity contribution in [2.24, 2.45) is 0 Å². The zero-order chi connectivity index (χ0) is 23.7. The molecule has 178 valence electrons. The van der Waals surface area contributed by atoms with Crippen molar-refractivity contribution in [3.05, 3.63) is 64.1 Å². The molecule has 3 aliphatic rings. The maximum atomic E-state index is 13.3. The Hall–Kier alpha value is -2.57. The molecule has 0 spiro atoms. The van der Waals surface area contributed by atoms with Gasteiger partial charge in [-0.3, -0.25) is 9.59 Å². The Morgan fingerprint density at radius 3 is 2.56 bits per heavy atom. The molecule has 2 amide bonds. The summed E-state index contributed by atoms with van der Waals surface area (Å²) in [6.07, 6.45) is 8.73. The lowest BCUT2D eigenvalue weighted by Gasteiger charge is -2.38. The number of hydrogen-bond acceptors (Lipinski definition) is 3. The van der Waals surface area contributed by atoms with E-state index in [0.717, 1.165) is 48.4 Å². The topological polar surface area (TPSA) is 45.1 Å². The summed E-state index contributed by atoms with van der Waals surface area (Å²) in [5, 5.41) is 0. The molecule has 0 radical (unpaired) electrons. The van der Waals surface area contributed by atoms with Crippen molar-refractivity contribution in [1.29, 1.82) is 0 Å². The number of piperazine rings is 1. The van der Waals surface area contributed by atoms with Gasteiger partial charge in [-0.15, -0.1) is 0 Å². The Balaban J connectivity index is 1.29. The highest BCUT2D eigenvalue weighted by atomic mass is 32.2. The van der Waals surface area contributed by atoms with E-state index in [1.54, 1.807) is 16.8 Å². The van der Waals surface area contributed by atoms with Crippen molar-refractivity contribution in [2.75, 3.05) is 38.1 Å². The molecule has 2 aliphatic heterocycles. The van der Waals surface area contributed by atoms with E-state index in [4.69, 9.17) is 0 Å². The molecule has 34 heavy (non-hydrogen) atoms. The van der Waals surface area contributed by atoms with Crippen LogP contribution in [-0.2, 0) is 4.79 Å². The van der Waals surface area contributed by atoms with E-state index in [0.29, 0.717) is 10.5 Å². The molecule has 6 heteroatoms. The van der Waals surface area contributed by atoms with Crippen molar-refractivity contribution in [1.82, 2.24) is 4.90 Å². The first kappa shape index (κ1) is 23.2. The number of anilines is 1. The third-order valence-corrected chi connectivity index (χ3v) is 8.60. The standard InChI is InChI=1S/C28H33N3O2S/c1-20-7-6-8-21(17-20)18-26-28(33)29(2)24-19-22(11-12-25(24)34-26)27(32)31-15-13-30(14-16-31)23-9-4-3-5-10-23/h6-8,11-12,17-19,23H,3-5,9-10,13-16H2,1-2H3/p+1. The van der Waals surface area contributed by atoms with Crippen LogP contribution in [-0.4, -0.2) is 56.0 Å². The first-order valence-electron chi connectivity index (χ1n) is 12.5. The third-order valence-electron chi connectivity index (χ3n) is 7.52. The minimum absolute atomic E-state index is 0.0340. The monoisotopic (exact) mass is 476 g/mol. The number of fused-ring (bicyclic) bond motifs is 1. The Morgan fingerprint density at radius 1 is 1.06 bits per heavy atom. The van der Waals surface area contributed by atoms with Gasteiger partial charge in [0.25, 0.3) is 11.8 Å². The third kappa shape index (κ3) is 4.80. The van der Waals surface area contributed by atoms with Gasteiger partial charge in [-0.2, -0.15) is 0 Å². The number of aryl methyl sites for hydroxylation is 1. The van der Waals surface area contributed by atoms with Crippen LogP contribution in [0.25, 0.3) is 6.08 Å². The fraction of sp³-hybridized carbons (Fsp3) is 0.429. The molecule has 2 fully saturated rings. The maximum absolute atomic E-state index is 13.3. The van der Waals surface area contributed by atoms with Crippen molar-refractivity contribution >= 4 is 35.3 Å². The molecule has 5 rings (SSSR count). The molecule has 1 aliphatic carbocycles. The van der Waals surface area contributed by atoms with Crippen molar-refractivity contribution in [3.63, 3.8) is 0 Å². The number of nitrogens with one attached hydrogen (secondary N) is 1. The Bertz CT molecular complexity index is 1110. The number of amides is 2. The van der Waals surface area contributed by atoms with E-state index < -0.39 is 0 Å². The number of rotatable bonds is 3. The summed E-state index contributed by atoms with van der Waals surface area (Å²) in [5.74, 6) is 0.0470. The second-order valence-electron chi connectivity index (χ2n) is 9.86. The van der Waals surface area contributed by atoms with Gasteiger partial charge in [-0.05, 0) is 62.4 Å². The van der Waals surface area contributed by atoms with E-state index in [9.17, 15) is 9.59 Å². The SMILES string of the molecule is Cc1cccc(C=C2Sc3ccc(C(=O)N4CC[NH+](C5CCCCC5)CC4)cc3N(C)C2=O)c1. The van der Waals surface area contributed by atoms with E-state index in [1.165, 1.54) is 49.4 Å². The van der Waals surface area contributed by atoms with Gasteiger partial charge < -0.3 is 14.7 Å². The van der Waals surface area contributed by atoms with Crippen LogP contribution in [0.15, 0.2) is 52.3 Å². The normalized spacial score (nSPS) is 21.1. The molecule has 0 aromatic heterocycles. The average Bonchev–Trinajstić information content (AvgIpc) is 2.87. The number of nitrogens with zero attached hydrogens (tertiary/aromatic N) is 2. The van der Waals surface area contributed by atoms with Crippen LogP contribution in [0.2, 0.25) is 0 Å². The minimum Gasteiger partial charge on any atom is -0.330 e. The van der Waals surface area contributed by atoms with Crippen LogP contribution in [0.5, 0.6) is 0 Å². The molecule has 1 N–H and O–H groups in total. The lowest BCUT2D eigenvalue weighted by molar-refractivity contribution is -0.930. The number of carbonyl (C=O) groups excluding carboxylic acids is 2. The zero-order valence-electron chi connectivity index (χ0n) is 20.2. The van der Waals surface area contributed by atoms with Crippen LogP contribution >= 0.6 is 11.8 Å². The van der Waals surface area contributed by atoms with Gasteiger partial charge in [0.2, 0.25) is 0 Å². The molecule has 2 heterocycles. The summed E-state index contributed by atoms with van der Waals surface area (Å²) in [4.78, 5) is 33.4. The Kier molecular flexibility index (Phi) is 6.79. The number of hydrogen-bond donors (Lipinski definition) is 1. The van der Waals surface area contributed by atoms with E-state index >= 15 is 0 Å². The van der Waals surface area contributed by atoms with Crippen molar-refractivity contribution in [3.8, 4) is 0 Å². The van der Waals surface area contributed by atoms with Gasteiger partial charge in [0.15, 0.2) is 0 Å². The lowest BCUT2D eigenvalue weighted by atomic mass is 9.94. The number of thioether (sulfide) groups is 1. The summed E-state index contributed by atoms with van der Waals surface area (Å²) in [6.45, 7) is 5.77. The fourth-order valence-electron chi connectivity index (χ4n) is 5.54. The summed E-state index contributed by atoms with van der Waals surface area (Å²) in [7, 11) is 1.80. The molecule has 1 saturated carbocycles. The highest BCUT2D eigenvalue weighted by Gasteiger charge is 2.32. The predicted molar refractivity (Wildman–Crippen MR) is 138 cm³/mol. The van der Waals surface area contributed by atoms with Gasteiger partial charge in [-0.25, -0.2) is 0 Å². The van der Waals surface area contributed by atoms with E-state index in [-0.39, 0.29) is 11.8 Å². The van der Waals surface area contributed by atoms with E-state index in [2.05, 4.69) is 19.1 Å². The minimum atomic E-state index is -0.0340. The molecule has 2 aromatic rings. The lowest BCUT2D eigenvalue weighted by Crippen LogP contribution is -3.18. The number of benzene rings is 2. The van der Waals surface area contributed by atoms with Gasteiger partial charge >= 0.3 is 0 Å². The molecular weight excluding hydrogens is 442 g/mol. The second kappa shape index (κ2) is 9.96. The molecule has 1 saturated heterocycles. The summed E-state index contributed by atoms with van der Waals surface area (Å²) in [6, 6.07) is 14.7. The largest absolute Gasteiger partial charge is 0.330 e. The Labute approximate surface area is 206 Å². The summed E-state index contributed by atoms with van der Waals surface area (Å²) < 4.78 is 0. The van der Waals surface area contributed by atoms with Crippen LogP contribution in [0, 0.1) is 6.92 Å². The first-order chi connectivity index (χ1) is 16.5. The molecule has 2 aromatic carbocycles. The second-order valence-corrected chi connectivity index (χ2v) is 10.9. The van der Waals surface area contributed by atoms with Gasteiger partial charge in [0, 0.05) is 17.5 Å². The predicted octanol–water partition coefficient (Wildman–Crippen LogP) is 3.78. The Morgan fingerprint density at radius 2 is 1.82 bits per heavy atom. The highest BCUT2D eigenvalue weighted by Crippen LogP contribution is 2.42. The quantitative estimate of drug-likeness (QED) is 0.686. The van der Waals surface area contributed by atoms with Crippen LogP contribution in [0.4, 0.5) is 5.69 Å². The molecule has 5 nitrogen and oxygen atoms in total. The molecular formula is C28H34N3O2S+. The number of quaternary nitrogens is 1. The van der Waals surface area contributed by atoms with Gasteiger partial charge in [0.1, 0.15) is 0 Å². The summed E-state index contributed by atoms with van der Waals surface area (Å²) in [5.41, 5.74) is 3.68. The molecule has 0 bridgehead atoms. The smallest absolute Gasteiger partial charge is 0.264 e. The average molecular weight is 477 g/mol. The van der Waals surface area contributed by atoms with Crippen molar-refractivity contribution < 1.29 is 14.5 Å². The highest BCUT2D eigenvalue weighted by molar-refractivity contribution is 8.04. The zero-order valence-corrected chi connectivity index (χ0v) is 21.0. The molecule has 0 atom stereocenters. The van der Waals surface area contributed by atoms with Gasteiger partial charge in [-0.1, -0.05) is 48.0 Å². The molecule has 0 unspecified atom stereocenters. The number of likely N-dealkylation sites (N-methyl/N-ethyl adjacent to an activating group) is 1. The maximum Gasteiger partial charge on any atom is 0.264 e. The van der Waals surface area contributed by atoms with Crippen molar-refractivity contribution in [2.45, 2.75) is 50.0 Å². The summed E-state index contributed by atoms with van der Waals surface area (Å²) >= 11 is 1.48.